The summed E-state index contributed by atoms with van der Waals surface area (Å²) in [4.78, 5) is 21.9. The largest absolute Gasteiger partial charge is 0.491 e. The highest BCUT2D eigenvalue weighted by Gasteiger charge is 2.28. The van der Waals surface area contributed by atoms with Crippen molar-refractivity contribution >= 4 is 11.7 Å². The monoisotopic (exact) mass is 435 g/mol. The first kappa shape index (κ1) is 21.7. The molecule has 168 valence electrons. The van der Waals surface area contributed by atoms with Crippen LogP contribution in [0.1, 0.15) is 33.1 Å². The topological polar surface area (TPSA) is 89.3 Å². The van der Waals surface area contributed by atoms with E-state index in [0.717, 1.165) is 55.9 Å². The number of nitrogens with zero attached hydrogens (tertiary/aromatic N) is 7. The van der Waals surface area contributed by atoms with E-state index in [2.05, 4.69) is 27.3 Å². The zero-order valence-electron chi connectivity index (χ0n) is 18.6. The SMILES string of the molecule is CCn1nnc(-c2ccc(OC(C)CCCCN3CCN(c4ccncc4)C3=O)cc2)n1. The van der Waals surface area contributed by atoms with Crippen molar-refractivity contribution in [3.63, 3.8) is 0 Å². The summed E-state index contributed by atoms with van der Waals surface area (Å²) in [6.07, 6.45) is 6.43. The van der Waals surface area contributed by atoms with Gasteiger partial charge in [0.2, 0.25) is 5.82 Å². The van der Waals surface area contributed by atoms with E-state index in [1.54, 1.807) is 17.2 Å². The van der Waals surface area contributed by atoms with Crippen LogP contribution < -0.4 is 9.64 Å². The molecule has 0 aliphatic carbocycles. The van der Waals surface area contributed by atoms with Crippen molar-refractivity contribution in [1.29, 1.82) is 0 Å². The highest BCUT2D eigenvalue weighted by atomic mass is 16.5. The summed E-state index contributed by atoms with van der Waals surface area (Å²) in [7, 11) is 0. The van der Waals surface area contributed by atoms with E-state index in [9.17, 15) is 4.79 Å². The second-order valence-corrected chi connectivity index (χ2v) is 7.88. The molecule has 9 nitrogen and oxygen atoms in total. The lowest BCUT2D eigenvalue weighted by atomic mass is 10.1. The van der Waals surface area contributed by atoms with E-state index in [4.69, 9.17) is 4.74 Å². The highest BCUT2D eigenvalue weighted by molar-refractivity contribution is 5.93. The first-order chi connectivity index (χ1) is 15.6. The zero-order valence-corrected chi connectivity index (χ0v) is 18.6. The Hall–Kier alpha value is -3.49. The number of tetrazole rings is 1. The number of amides is 2. The van der Waals surface area contributed by atoms with Gasteiger partial charge in [-0.25, -0.2) is 4.79 Å². The number of hydrogen-bond donors (Lipinski definition) is 0. The van der Waals surface area contributed by atoms with Gasteiger partial charge in [-0.3, -0.25) is 9.88 Å². The van der Waals surface area contributed by atoms with Crippen LogP contribution in [-0.4, -0.2) is 61.9 Å². The van der Waals surface area contributed by atoms with Crippen LogP contribution in [-0.2, 0) is 6.54 Å². The Bertz CT molecular complexity index is 1010. The third-order valence-electron chi connectivity index (χ3n) is 5.54. The van der Waals surface area contributed by atoms with Crippen molar-refractivity contribution in [2.45, 2.75) is 45.8 Å². The minimum atomic E-state index is 0.0778. The van der Waals surface area contributed by atoms with Gasteiger partial charge in [-0.2, -0.15) is 4.80 Å². The summed E-state index contributed by atoms with van der Waals surface area (Å²) in [6, 6.07) is 11.6. The predicted molar refractivity (Wildman–Crippen MR) is 121 cm³/mol. The molecule has 0 bridgehead atoms. The maximum Gasteiger partial charge on any atom is 0.324 e. The smallest absolute Gasteiger partial charge is 0.324 e. The van der Waals surface area contributed by atoms with Gasteiger partial charge >= 0.3 is 6.03 Å². The molecule has 1 unspecified atom stereocenters. The molecule has 1 aromatic carbocycles. The predicted octanol–water partition coefficient (Wildman–Crippen LogP) is 3.63. The highest BCUT2D eigenvalue weighted by Crippen LogP contribution is 2.22. The van der Waals surface area contributed by atoms with Crippen LogP contribution in [0.15, 0.2) is 48.8 Å². The Balaban J connectivity index is 1.18. The Morgan fingerprint density at radius 1 is 1.06 bits per heavy atom. The average Bonchev–Trinajstić information content (AvgIpc) is 3.45. The minimum absolute atomic E-state index is 0.0778. The molecule has 4 rings (SSSR count). The Morgan fingerprint density at radius 2 is 1.84 bits per heavy atom. The van der Waals surface area contributed by atoms with E-state index < -0.39 is 0 Å². The van der Waals surface area contributed by atoms with Gasteiger partial charge in [-0.05, 0) is 74.7 Å². The molecule has 0 N–H and O–H groups in total. The average molecular weight is 436 g/mol. The Morgan fingerprint density at radius 3 is 2.56 bits per heavy atom. The molecule has 0 spiro atoms. The lowest BCUT2D eigenvalue weighted by Gasteiger charge is -2.19. The number of anilines is 1. The number of carbonyl (C=O) groups excluding carboxylic acids is 1. The lowest BCUT2D eigenvalue weighted by molar-refractivity contribution is 0.201. The number of carbonyl (C=O) groups is 1. The van der Waals surface area contributed by atoms with Gasteiger partial charge in [0.05, 0.1) is 12.6 Å². The number of hydrogen-bond acceptors (Lipinski definition) is 6. The Labute approximate surface area is 188 Å². The number of unbranched alkanes of at least 4 members (excludes halogenated alkanes) is 1. The summed E-state index contributed by atoms with van der Waals surface area (Å²) in [5.74, 6) is 1.44. The van der Waals surface area contributed by atoms with E-state index in [-0.39, 0.29) is 12.1 Å². The first-order valence-corrected chi connectivity index (χ1v) is 11.2. The molecule has 1 saturated heterocycles. The molecule has 0 radical (unpaired) electrons. The summed E-state index contributed by atoms with van der Waals surface area (Å²) in [6.45, 7) is 7.01. The number of ether oxygens (including phenoxy) is 1. The normalized spacial score (nSPS) is 14.8. The van der Waals surface area contributed by atoms with Crippen LogP contribution in [0.25, 0.3) is 11.4 Å². The fourth-order valence-electron chi connectivity index (χ4n) is 3.75. The molecule has 2 aromatic heterocycles. The fraction of sp³-hybridized carbons (Fsp3) is 0.435. The van der Waals surface area contributed by atoms with Crippen molar-refractivity contribution in [1.82, 2.24) is 30.1 Å². The second-order valence-electron chi connectivity index (χ2n) is 7.88. The van der Waals surface area contributed by atoms with E-state index >= 15 is 0 Å². The van der Waals surface area contributed by atoms with Crippen LogP contribution in [0.2, 0.25) is 0 Å². The van der Waals surface area contributed by atoms with Crippen molar-refractivity contribution in [2.24, 2.45) is 0 Å². The van der Waals surface area contributed by atoms with Crippen LogP contribution in [0.4, 0.5) is 10.5 Å². The van der Waals surface area contributed by atoms with Gasteiger partial charge < -0.3 is 9.64 Å². The van der Waals surface area contributed by atoms with Crippen LogP contribution >= 0.6 is 0 Å². The molecule has 3 aromatic rings. The molecule has 9 heteroatoms. The van der Waals surface area contributed by atoms with Crippen molar-refractivity contribution in [2.75, 3.05) is 24.5 Å². The van der Waals surface area contributed by atoms with Gasteiger partial charge in [-0.15, -0.1) is 10.2 Å². The first-order valence-electron chi connectivity index (χ1n) is 11.2. The maximum atomic E-state index is 12.6. The van der Waals surface area contributed by atoms with Crippen molar-refractivity contribution < 1.29 is 9.53 Å². The second kappa shape index (κ2) is 10.2. The van der Waals surface area contributed by atoms with Gasteiger partial charge in [0, 0.05) is 43.3 Å². The van der Waals surface area contributed by atoms with E-state index in [1.807, 2.05) is 53.1 Å². The summed E-state index contributed by atoms with van der Waals surface area (Å²) < 4.78 is 6.04. The number of aromatic nitrogens is 5. The number of urea groups is 1. The van der Waals surface area contributed by atoms with Gasteiger partial charge in [0.15, 0.2) is 0 Å². The maximum absolute atomic E-state index is 12.6. The third kappa shape index (κ3) is 5.22. The van der Waals surface area contributed by atoms with Crippen molar-refractivity contribution in [3.8, 4) is 17.1 Å². The molecule has 1 atom stereocenters. The third-order valence-corrected chi connectivity index (χ3v) is 5.54. The standard InChI is InChI=1S/C23H29N7O2/c1-3-30-26-22(25-27-30)19-7-9-21(10-8-19)32-18(2)6-4-5-15-28-16-17-29(23(28)31)20-11-13-24-14-12-20/h7-14,18H,3-6,15-17H2,1-2H3. The zero-order chi connectivity index (χ0) is 22.3. The Kier molecular flexibility index (Phi) is 6.94. The molecule has 1 aliphatic rings. The quantitative estimate of drug-likeness (QED) is 0.452. The number of pyridine rings is 1. The molecule has 2 amide bonds. The molecule has 1 fully saturated rings. The van der Waals surface area contributed by atoms with Gasteiger partial charge in [-0.1, -0.05) is 0 Å². The summed E-state index contributed by atoms with van der Waals surface area (Å²) in [5.41, 5.74) is 1.83. The number of aryl methyl sites for hydroxylation is 1. The number of benzene rings is 1. The number of rotatable bonds is 10. The lowest BCUT2D eigenvalue weighted by Crippen LogP contribution is -2.32. The fourth-order valence-corrected chi connectivity index (χ4v) is 3.75. The summed E-state index contributed by atoms with van der Waals surface area (Å²) in [5, 5.41) is 12.4. The van der Waals surface area contributed by atoms with E-state index in [0.29, 0.717) is 12.4 Å². The molecule has 32 heavy (non-hydrogen) atoms. The van der Waals surface area contributed by atoms with Crippen LogP contribution in [0, 0.1) is 0 Å². The molecular formula is C23H29N7O2. The minimum Gasteiger partial charge on any atom is -0.491 e. The molecular weight excluding hydrogens is 406 g/mol. The van der Waals surface area contributed by atoms with Crippen LogP contribution in [0.5, 0.6) is 5.75 Å². The van der Waals surface area contributed by atoms with Crippen molar-refractivity contribution in [3.05, 3.63) is 48.8 Å². The van der Waals surface area contributed by atoms with E-state index in [1.165, 1.54) is 0 Å². The van der Waals surface area contributed by atoms with Gasteiger partial charge in [0.25, 0.3) is 0 Å². The summed E-state index contributed by atoms with van der Waals surface area (Å²) >= 11 is 0. The molecule has 1 aliphatic heterocycles. The molecule has 0 saturated carbocycles. The van der Waals surface area contributed by atoms with Crippen LogP contribution in [0.3, 0.4) is 0 Å². The van der Waals surface area contributed by atoms with Gasteiger partial charge in [0.1, 0.15) is 5.75 Å². The molecule has 3 heterocycles.